The van der Waals surface area contributed by atoms with Crippen LogP contribution >= 0.6 is 0 Å². The van der Waals surface area contributed by atoms with Gasteiger partial charge in [-0.05, 0) is 36.4 Å². The van der Waals surface area contributed by atoms with Gasteiger partial charge in [0.05, 0.1) is 17.1 Å². The molecule has 3 N–H and O–H groups in total. The molecule has 0 aliphatic carbocycles. The van der Waals surface area contributed by atoms with E-state index in [0.29, 0.717) is 17.1 Å². The van der Waals surface area contributed by atoms with Crippen LogP contribution in [0.5, 0.6) is 0 Å². The van der Waals surface area contributed by atoms with E-state index in [9.17, 15) is 18.0 Å². The summed E-state index contributed by atoms with van der Waals surface area (Å²) in [4.78, 5) is 28.9. The van der Waals surface area contributed by atoms with Crippen LogP contribution in [0.3, 0.4) is 0 Å². The summed E-state index contributed by atoms with van der Waals surface area (Å²) >= 11 is 0. The number of rotatable bonds is 6. The van der Waals surface area contributed by atoms with E-state index in [0.717, 1.165) is 10.1 Å². The lowest BCUT2D eigenvalue weighted by molar-refractivity contribution is -0.122. The second-order valence-corrected chi connectivity index (χ2v) is 9.85. The summed E-state index contributed by atoms with van der Waals surface area (Å²) in [6, 6.07) is 12.8. The zero-order valence-corrected chi connectivity index (χ0v) is 19.0. The van der Waals surface area contributed by atoms with E-state index in [1.165, 1.54) is 24.3 Å². The molecule has 2 amide bonds. The first-order valence-electron chi connectivity index (χ1n) is 10.5. The van der Waals surface area contributed by atoms with Gasteiger partial charge in [0, 0.05) is 30.1 Å². The molecule has 172 valence electrons. The van der Waals surface area contributed by atoms with Crippen molar-refractivity contribution >= 4 is 27.5 Å². The third-order valence-electron chi connectivity index (χ3n) is 5.22. The SMILES string of the molecule is CC(C)c1nc(-c2ccccc2NC(=O)c2ccc(S(=O)(=O)N3CCNC(=O)C3)cc2)n[nH]1. The molecule has 10 nitrogen and oxygen atoms in total. The zero-order chi connectivity index (χ0) is 23.6. The number of piperazine rings is 1. The Kier molecular flexibility index (Phi) is 6.25. The maximum absolute atomic E-state index is 12.8. The maximum atomic E-state index is 12.8. The van der Waals surface area contributed by atoms with Crippen LogP contribution in [0.25, 0.3) is 11.4 Å². The van der Waals surface area contributed by atoms with Crippen molar-refractivity contribution in [2.75, 3.05) is 25.0 Å². The van der Waals surface area contributed by atoms with Crippen LogP contribution in [-0.2, 0) is 14.8 Å². The van der Waals surface area contributed by atoms with E-state index < -0.39 is 15.9 Å². The Balaban J connectivity index is 1.52. The number of hydrogen-bond donors (Lipinski definition) is 3. The first-order chi connectivity index (χ1) is 15.8. The molecule has 0 unspecified atom stereocenters. The number of nitrogens with zero attached hydrogens (tertiary/aromatic N) is 3. The van der Waals surface area contributed by atoms with Crippen molar-refractivity contribution in [3.05, 3.63) is 59.9 Å². The molecule has 3 aromatic rings. The minimum absolute atomic E-state index is 0.0242. The molecule has 1 aliphatic heterocycles. The van der Waals surface area contributed by atoms with Crippen LogP contribution in [0.2, 0.25) is 0 Å². The molecule has 1 aliphatic rings. The number of aromatic nitrogens is 3. The van der Waals surface area contributed by atoms with Crippen molar-refractivity contribution in [3.8, 4) is 11.4 Å². The molecule has 0 spiro atoms. The Morgan fingerprint density at radius 3 is 2.52 bits per heavy atom. The summed E-state index contributed by atoms with van der Waals surface area (Å²) in [5.74, 6) is 0.660. The van der Waals surface area contributed by atoms with E-state index in [4.69, 9.17) is 0 Å². The van der Waals surface area contributed by atoms with Crippen molar-refractivity contribution in [1.29, 1.82) is 0 Å². The maximum Gasteiger partial charge on any atom is 0.255 e. The summed E-state index contributed by atoms with van der Waals surface area (Å²) < 4.78 is 26.7. The topological polar surface area (TPSA) is 137 Å². The summed E-state index contributed by atoms with van der Waals surface area (Å²) in [6.45, 7) is 4.25. The Bertz CT molecular complexity index is 1280. The average molecular weight is 469 g/mol. The second-order valence-electron chi connectivity index (χ2n) is 7.91. The summed E-state index contributed by atoms with van der Waals surface area (Å²) in [7, 11) is -3.82. The third kappa shape index (κ3) is 4.78. The average Bonchev–Trinajstić information content (AvgIpc) is 3.30. The van der Waals surface area contributed by atoms with Crippen molar-refractivity contribution in [3.63, 3.8) is 0 Å². The number of anilines is 1. The lowest BCUT2D eigenvalue weighted by atomic mass is 10.1. The van der Waals surface area contributed by atoms with Crippen molar-refractivity contribution in [2.45, 2.75) is 24.7 Å². The van der Waals surface area contributed by atoms with Gasteiger partial charge in [-0.1, -0.05) is 26.0 Å². The zero-order valence-electron chi connectivity index (χ0n) is 18.2. The highest BCUT2D eigenvalue weighted by Gasteiger charge is 2.29. The van der Waals surface area contributed by atoms with Gasteiger partial charge in [0.25, 0.3) is 5.91 Å². The van der Waals surface area contributed by atoms with Crippen LogP contribution in [0.4, 0.5) is 5.69 Å². The lowest BCUT2D eigenvalue weighted by Gasteiger charge is -2.25. The number of carbonyl (C=O) groups is 2. The normalized spacial score (nSPS) is 14.8. The molecule has 33 heavy (non-hydrogen) atoms. The second kappa shape index (κ2) is 9.12. The smallest absolute Gasteiger partial charge is 0.255 e. The molecule has 0 radical (unpaired) electrons. The van der Waals surface area contributed by atoms with E-state index in [1.54, 1.807) is 12.1 Å². The molecule has 11 heteroatoms. The highest BCUT2D eigenvalue weighted by atomic mass is 32.2. The predicted octanol–water partition coefficient (Wildman–Crippen LogP) is 1.97. The summed E-state index contributed by atoms with van der Waals surface area (Å²) in [5.41, 5.74) is 1.49. The minimum Gasteiger partial charge on any atom is -0.354 e. The number of benzene rings is 2. The molecule has 1 saturated heterocycles. The first-order valence-corrected chi connectivity index (χ1v) is 11.9. The Morgan fingerprint density at radius 1 is 1.12 bits per heavy atom. The highest BCUT2D eigenvalue weighted by Crippen LogP contribution is 2.26. The molecule has 1 aromatic heterocycles. The molecule has 2 heterocycles. The van der Waals surface area contributed by atoms with E-state index in [-0.39, 0.29) is 41.9 Å². The Morgan fingerprint density at radius 2 is 1.85 bits per heavy atom. The van der Waals surface area contributed by atoms with Gasteiger partial charge in [0.1, 0.15) is 5.82 Å². The largest absolute Gasteiger partial charge is 0.354 e. The van der Waals surface area contributed by atoms with Gasteiger partial charge in [-0.2, -0.15) is 9.40 Å². The monoisotopic (exact) mass is 468 g/mol. The Hall–Kier alpha value is -3.57. The molecular formula is C22H24N6O4S. The van der Waals surface area contributed by atoms with Crippen molar-refractivity contribution in [1.82, 2.24) is 24.8 Å². The van der Waals surface area contributed by atoms with Gasteiger partial charge >= 0.3 is 0 Å². The molecule has 0 atom stereocenters. The van der Waals surface area contributed by atoms with Crippen LogP contribution in [0.1, 0.15) is 35.9 Å². The van der Waals surface area contributed by atoms with Gasteiger partial charge in [-0.15, -0.1) is 0 Å². The van der Waals surface area contributed by atoms with Gasteiger partial charge in [-0.25, -0.2) is 13.4 Å². The number of sulfonamides is 1. The van der Waals surface area contributed by atoms with E-state index >= 15 is 0 Å². The number of H-pyrrole nitrogens is 1. The van der Waals surface area contributed by atoms with Crippen LogP contribution < -0.4 is 10.6 Å². The summed E-state index contributed by atoms with van der Waals surface area (Å²) in [5, 5.41) is 12.6. The Labute approximate surface area is 191 Å². The van der Waals surface area contributed by atoms with Gasteiger partial charge in [0.2, 0.25) is 15.9 Å². The van der Waals surface area contributed by atoms with E-state index in [2.05, 4.69) is 25.8 Å². The predicted molar refractivity (Wildman–Crippen MR) is 122 cm³/mol. The molecular weight excluding hydrogens is 444 g/mol. The number of amides is 2. The van der Waals surface area contributed by atoms with Crippen molar-refractivity contribution in [2.24, 2.45) is 0 Å². The number of hydrogen-bond acceptors (Lipinski definition) is 6. The molecule has 1 fully saturated rings. The van der Waals surface area contributed by atoms with Crippen LogP contribution in [0.15, 0.2) is 53.4 Å². The molecule has 0 saturated carbocycles. The van der Waals surface area contributed by atoms with E-state index in [1.807, 2.05) is 26.0 Å². The number of para-hydroxylation sites is 1. The molecule has 2 aromatic carbocycles. The molecule has 4 rings (SSSR count). The van der Waals surface area contributed by atoms with Gasteiger partial charge < -0.3 is 10.6 Å². The van der Waals surface area contributed by atoms with Crippen LogP contribution in [0, 0.1) is 0 Å². The summed E-state index contributed by atoms with van der Waals surface area (Å²) in [6.07, 6.45) is 0. The fourth-order valence-electron chi connectivity index (χ4n) is 3.38. The van der Waals surface area contributed by atoms with Gasteiger partial charge in [-0.3, -0.25) is 14.7 Å². The standard InChI is InChI=1S/C22H24N6O4S/c1-14(2)20-25-21(27-26-20)17-5-3-4-6-18(17)24-22(30)15-7-9-16(10-8-15)33(31,32)28-12-11-23-19(29)13-28/h3-10,14H,11-13H2,1-2H3,(H,23,29)(H,24,30)(H,25,26,27). The number of aromatic amines is 1. The molecule has 0 bridgehead atoms. The fraction of sp³-hybridized carbons (Fsp3) is 0.273. The number of carbonyl (C=O) groups excluding carboxylic acids is 2. The minimum atomic E-state index is -3.82. The van der Waals surface area contributed by atoms with Crippen molar-refractivity contribution < 1.29 is 18.0 Å². The van der Waals surface area contributed by atoms with Gasteiger partial charge in [0.15, 0.2) is 5.82 Å². The highest BCUT2D eigenvalue weighted by molar-refractivity contribution is 7.89. The quantitative estimate of drug-likeness (QED) is 0.506. The fourth-order valence-corrected chi connectivity index (χ4v) is 4.78. The third-order valence-corrected chi connectivity index (χ3v) is 7.08. The lowest BCUT2D eigenvalue weighted by Crippen LogP contribution is -2.49. The van der Waals surface area contributed by atoms with Crippen LogP contribution in [-0.4, -0.2) is 59.4 Å². The number of nitrogens with one attached hydrogen (secondary N) is 3. The first kappa shape index (κ1) is 22.6.